The number of carbonyl (C=O) groups excluding carboxylic acids is 2. The van der Waals surface area contributed by atoms with Crippen molar-refractivity contribution in [2.75, 3.05) is 19.6 Å². The SMILES string of the molecule is Cl.Cn1nnc2cc(C(=O)N3CCCCC3CNC(=O)CCN)ccc21. The minimum Gasteiger partial charge on any atom is -0.354 e. The minimum absolute atomic E-state index is 0. The van der Waals surface area contributed by atoms with Gasteiger partial charge in [-0.2, -0.15) is 0 Å². The van der Waals surface area contributed by atoms with Crippen LogP contribution < -0.4 is 11.1 Å². The van der Waals surface area contributed by atoms with Gasteiger partial charge in [-0.05, 0) is 37.5 Å². The number of nitrogens with two attached hydrogens (primary N) is 1. The Labute approximate surface area is 158 Å². The summed E-state index contributed by atoms with van der Waals surface area (Å²) in [5.41, 5.74) is 7.60. The fourth-order valence-corrected chi connectivity index (χ4v) is 3.27. The second-order valence-corrected chi connectivity index (χ2v) is 6.41. The number of halogens is 1. The Morgan fingerprint density at radius 3 is 2.92 bits per heavy atom. The van der Waals surface area contributed by atoms with Crippen LogP contribution in [0.5, 0.6) is 0 Å². The maximum Gasteiger partial charge on any atom is 0.254 e. The number of amides is 2. The van der Waals surface area contributed by atoms with Crippen molar-refractivity contribution in [2.24, 2.45) is 12.8 Å². The third-order valence-corrected chi connectivity index (χ3v) is 4.65. The maximum absolute atomic E-state index is 13.0. The van der Waals surface area contributed by atoms with Crippen LogP contribution in [0.1, 0.15) is 36.0 Å². The first kappa shape index (κ1) is 20.1. The molecule has 1 unspecified atom stereocenters. The van der Waals surface area contributed by atoms with E-state index < -0.39 is 0 Å². The Hall–Kier alpha value is -2.19. The number of hydrogen-bond acceptors (Lipinski definition) is 5. The van der Waals surface area contributed by atoms with Crippen LogP contribution in [-0.2, 0) is 11.8 Å². The number of aryl methyl sites for hydroxylation is 1. The van der Waals surface area contributed by atoms with Crippen LogP contribution in [0.15, 0.2) is 18.2 Å². The highest BCUT2D eigenvalue weighted by Gasteiger charge is 2.28. The van der Waals surface area contributed by atoms with Gasteiger partial charge in [0.15, 0.2) is 0 Å². The number of nitrogens with zero attached hydrogens (tertiary/aromatic N) is 4. The summed E-state index contributed by atoms with van der Waals surface area (Å²) < 4.78 is 1.68. The van der Waals surface area contributed by atoms with E-state index in [1.54, 1.807) is 10.7 Å². The van der Waals surface area contributed by atoms with Crippen LogP contribution in [0.2, 0.25) is 0 Å². The Morgan fingerprint density at radius 2 is 2.15 bits per heavy atom. The van der Waals surface area contributed by atoms with E-state index in [2.05, 4.69) is 15.6 Å². The molecule has 1 saturated heterocycles. The Morgan fingerprint density at radius 1 is 1.35 bits per heavy atom. The third-order valence-electron chi connectivity index (χ3n) is 4.65. The Kier molecular flexibility index (Phi) is 6.93. The molecule has 0 saturated carbocycles. The Bertz CT molecular complexity index is 778. The van der Waals surface area contributed by atoms with Crippen LogP contribution in [0, 0.1) is 0 Å². The zero-order chi connectivity index (χ0) is 17.8. The zero-order valence-corrected chi connectivity index (χ0v) is 15.7. The molecule has 8 nitrogen and oxygen atoms in total. The summed E-state index contributed by atoms with van der Waals surface area (Å²) in [6, 6.07) is 5.47. The lowest BCUT2D eigenvalue weighted by molar-refractivity contribution is -0.121. The summed E-state index contributed by atoms with van der Waals surface area (Å²) in [7, 11) is 1.82. The first-order valence-corrected chi connectivity index (χ1v) is 8.67. The van der Waals surface area contributed by atoms with Crippen LogP contribution in [0.4, 0.5) is 0 Å². The average molecular weight is 381 g/mol. The van der Waals surface area contributed by atoms with Gasteiger partial charge in [0, 0.05) is 44.7 Å². The molecule has 0 bridgehead atoms. The molecule has 0 radical (unpaired) electrons. The molecule has 26 heavy (non-hydrogen) atoms. The standard InChI is InChI=1S/C17H24N6O2.ClH/c1-22-15-6-5-12(10-14(15)20-21-22)17(25)23-9-3-2-4-13(23)11-19-16(24)7-8-18;/h5-6,10,13H,2-4,7-9,11,18H2,1H3,(H,19,24);1H. The zero-order valence-electron chi connectivity index (χ0n) is 14.9. The number of fused-ring (bicyclic) bond motifs is 1. The van der Waals surface area contributed by atoms with Crippen LogP contribution in [-0.4, -0.2) is 57.4 Å². The first-order chi connectivity index (χ1) is 12.1. The van der Waals surface area contributed by atoms with Crippen molar-refractivity contribution < 1.29 is 9.59 Å². The lowest BCUT2D eigenvalue weighted by Crippen LogP contribution is -2.49. The number of carbonyl (C=O) groups is 2. The van der Waals surface area contributed by atoms with Gasteiger partial charge in [-0.1, -0.05) is 5.21 Å². The van der Waals surface area contributed by atoms with E-state index in [1.807, 2.05) is 24.1 Å². The first-order valence-electron chi connectivity index (χ1n) is 8.67. The van der Waals surface area contributed by atoms with E-state index in [9.17, 15) is 9.59 Å². The van der Waals surface area contributed by atoms with Gasteiger partial charge in [0.25, 0.3) is 5.91 Å². The molecule has 142 valence electrons. The fraction of sp³-hybridized carbons (Fsp3) is 0.529. The fourth-order valence-electron chi connectivity index (χ4n) is 3.27. The number of aromatic nitrogens is 3. The predicted molar refractivity (Wildman–Crippen MR) is 101 cm³/mol. The van der Waals surface area contributed by atoms with Crippen molar-refractivity contribution in [3.63, 3.8) is 0 Å². The van der Waals surface area contributed by atoms with Gasteiger partial charge in [0.1, 0.15) is 5.52 Å². The van der Waals surface area contributed by atoms with Crippen molar-refractivity contribution in [1.82, 2.24) is 25.2 Å². The average Bonchev–Trinajstić information content (AvgIpc) is 3.00. The highest BCUT2D eigenvalue weighted by molar-refractivity contribution is 5.97. The minimum atomic E-state index is -0.0681. The van der Waals surface area contributed by atoms with Gasteiger partial charge in [-0.25, -0.2) is 4.68 Å². The quantitative estimate of drug-likeness (QED) is 0.799. The normalized spacial score (nSPS) is 17.0. The lowest BCUT2D eigenvalue weighted by atomic mass is 10.0. The molecule has 1 aliphatic heterocycles. The molecule has 1 aromatic heterocycles. The molecular weight excluding hydrogens is 356 g/mol. The van der Waals surface area contributed by atoms with Crippen molar-refractivity contribution in [3.05, 3.63) is 23.8 Å². The van der Waals surface area contributed by atoms with Crippen molar-refractivity contribution >= 4 is 35.3 Å². The molecule has 2 amide bonds. The number of nitrogens with one attached hydrogen (secondary N) is 1. The molecule has 1 fully saturated rings. The van der Waals surface area contributed by atoms with Gasteiger partial charge < -0.3 is 16.0 Å². The number of hydrogen-bond donors (Lipinski definition) is 2. The monoisotopic (exact) mass is 380 g/mol. The molecule has 3 rings (SSSR count). The smallest absolute Gasteiger partial charge is 0.254 e. The van der Waals surface area contributed by atoms with Crippen LogP contribution >= 0.6 is 12.4 Å². The lowest BCUT2D eigenvalue weighted by Gasteiger charge is -2.36. The third kappa shape index (κ3) is 4.31. The largest absolute Gasteiger partial charge is 0.354 e. The van der Waals surface area contributed by atoms with Crippen LogP contribution in [0.25, 0.3) is 11.0 Å². The molecule has 1 aliphatic rings. The predicted octanol–water partition coefficient (Wildman–Crippen LogP) is 0.850. The summed E-state index contributed by atoms with van der Waals surface area (Å²) >= 11 is 0. The highest BCUT2D eigenvalue weighted by Crippen LogP contribution is 2.21. The van der Waals surface area contributed by atoms with E-state index in [4.69, 9.17) is 5.73 Å². The van der Waals surface area contributed by atoms with Gasteiger partial charge >= 0.3 is 0 Å². The Balaban J connectivity index is 0.00000243. The number of benzene rings is 1. The van der Waals surface area contributed by atoms with Crippen molar-refractivity contribution in [3.8, 4) is 0 Å². The van der Waals surface area contributed by atoms with Gasteiger partial charge in [-0.15, -0.1) is 17.5 Å². The highest BCUT2D eigenvalue weighted by atomic mass is 35.5. The maximum atomic E-state index is 13.0. The van der Waals surface area contributed by atoms with E-state index in [1.165, 1.54) is 0 Å². The second kappa shape index (κ2) is 8.95. The second-order valence-electron chi connectivity index (χ2n) is 6.41. The molecule has 1 atom stereocenters. The van der Waals surface area contributed by atoms with Gasteiger partial charge in [0.2, 0.25) is 5.91 Å². The molecule has 0 spiro atoms. The molecule has 9 heteroatoms. The summed E-state index contributed by atoms with van der Waals surface area (Å²) in [6.45, 7) is 1.50. The topological polar surface area (TPSA) is 106 Å². The molecule has 2 aromatic rings. The summed E-state index contributed by atoms with van der Waals surface area (Å²) in [5.74, 6) is -0.0909. The summed E-state index contributed by atoms with van der Waals surface area (Å²) in [4.78, 5) is 26.5. The number of likely N-dealkylation sites (tertiary alicyclic amines) is 1. The van der Waals surface area contributed by atoms with E-state index in [-0.39, 0.29) is 30.3 Å². The van der Waals surface area contributed by atoms with Gasteiger partial charge in [0.05, 0.1) is 5.52 Å². The van der Waals surface area contributed by atoms with Crippen molar-refractivity contribution in [2.45, 2.75) is 31.7 Å². The summed E-state index contributed by atoms with van der Waals surface area (Å²) in [6.07, 6.45) is 3.24. The van der Waals surface area contributed by atoms with Crippen LogP contribution in [0.3, 0.4) is 0 Å². The summed E-state index contributed by atoms with van der Waals surface area (Å²) in [5, 5.41) is 10.9. The molecule has 3 N–H and O–H groups in total. The number of piperidine rings is 1. The molecule has 0 aliphatic carbocycles. The van der Waals surface area contributed by atoms with E-state index in [0.29, 0.717) is 37.1 Å². The van der Waals surface area contributed by atoms with Gasteiger partial charge in [-0.3, -0.25) is 9.59 Å². The van der Waals surface area contributed by atoms with E-state index >= 15 is 0 Å². The molecular formula is C17H25ClN6O2. The van der Waals surface area contributed by atoms with E-state index in [0.717, 1.165) is 24.8 Å². The molecule has 2 heterocycles. The van der Waals surface area contributed by atoms with Crippen molar-refractivity contribution in [1.29, 1.82) is 0 Å². The molecule has 1 aromatic carbocycles. The number of rotatable bonds is 5.